The molecule has 5 heteroatoms. The van der Waals surface area contributed by atoms with Gasteiger partial charge in [0.05, 0.1) is 22.4 Å². The molecular weight excluding hydrogens is 250 g/mol. The van der Waals surface area contributed by atoms with Crippen LogP contribution in [0.25, 0.3) is 0 Å². The Morgan fingerprint density at radius 1 is 1.33 bits per heavy atom. The second-order valence-electron chi connectivity index (χ2n) is 4.77. The smallest absolute Gasteiger partial charge is 0.180 e. The number of hydrogen-bond donors (Lipinski definition) is 2. The van der Waals surface area contributed by atoms with Crippen LogP contribution in [0.5, 0.6) is 0 Å². The van der Waals surface area contributed by atoms with Crippen LogP contribution in [-0.2, 0) is 9.84 Å². The highest BCUT2D eigenvalue weighted by atomic mass is 32.2. The van der Waals surface area contributed by atoms with Crippen molar-refractivity contribution in [3.63, 3.8) is 0 Å². The summed E-state index contributed by atoms with van der Waals surface area (Å²) in [5, 5.41) is 12.4. The van der Waals surface area contributed by atoms with E-state index in [0.29, 0.717) is 23.0 Å². The third kappa shape index (κ3) is 2.84. The molecule has 0 heterocycles. The van der Waals surface area contributed by atoms with Gasteiger partial charge in [-0.05, 0) is 30.9 Å². The molecular formula is C13H19NO3S. The molecule has 0 unspecified atom stereocenters. The number of aliphatic hydroxyl groups is 1. The van der Waals surface area contributed by atoms with E-state index in [1.807, 2.05) is 6.07 Å². The van der Waals surface area contributed by atoms with Crippen LogP contribution >= 0.6 is 0 Å². The number of anilines is 1. The SMILES string of the molecule is CCS(=O)(=O)c1ccccc1NCC1CC(O)C1. The summed E-state index contributed by atoms with van der Waals surface area (Å²) in [6.07, 6.45) is 1.43. The minimum absolute atomic E-state index is 0.105. The summed E-state index contributed by atoms with van der Waals surface area (Å²) in [7, 11) is -3.19. The zero-order valence-electron chi connectivity index (χ0n) is 10.5. The van der Waals surface area contributed by atoms with Crippen molar-refractivity contribution in [3.05, 3.63) is 24.3 Å². The summed E-state index contributed by atoms with van der Waals surface area (Å²) < 4.78 is 23.8. The number of rotatable bonds is 5. The van der Waals surface area contributed by atoms with Gasteiger partial charge in [0, 0.05) is 6.54 Å². The van der Waals surface area contributed by atoms with Crippen molar-refractivity contribution >= 4 is 15.5 Å². The van der Waals surface area contributed by atoms with Gasteiger partial charge in [-0.25, -0.2) is 8.42 Å². The summed E-state index contributed by atoms with van der Waals surface area (Å²) in [6.45, 7) is 2.36. The molecule has 0 atom stereocenters. The van der Waals surface area contributed by atoms with E-state index >= 15 is 0 Å². The Bertz CT molecular complexity index is 507. The van der Waals surface area contributed by atoms with E-state index in [1.165, 1.54) is 0 Å². The van der Waals surface area contributed by atoms with Gasteiger partial charge in [-0.2, -0.15) is 0 Å². The lowest BCUT2D eigenvalue weighted by molar-refractivity contribution is 0.0486. The number of nitrogens with one attached hydrogen (secondary N) is 1. The zero-order chi connectivity index (χ0) is 13.2. The summed E-state index contributed by atoms with van der Waals surface area (Å²) in [4.78, 5) is 0.368. The van der Waals surface area contributed by atoms with Crippen LogP contribution in [0, 0.1) is 5.92 Å². The first kappa shape index (κ1) is 13.4. The van der Waals surface area contributed by atoms with E-state index < -0.39 is 9.84 Å². The fraction of sp³-hybridized carbons (Fsp3) is 0.538. The molecule has 0 aromatic heterocycles. The first-order valence-corrected chi connectivity index (χ1v) is 7.92. The second kappa shape index (κ2) is 5.28. The monoisotopic (exact) mass is 269 g/mol. The van der Waals surface area contributed by atoms with E-state index in [0.717, 1.165) is 12.8 Å². The number of sulfone groups is 1. The Labute approximate surface area is 108 Å². The molecule has 100 valence electrons. The van der Waals surface area contributed by atoms with Crippen LogP contribution in [-0.4, -0.2) is 31.9 Å². The lowest BCUT2D eigenvalue weighted by Crippen LogP contribution is -2.33. The Balaban J connectivity index is 2.08. The average Bonchev–Trinajstić information content (AvgIpc) is 2.33. The molecule has 0 saturated heterocycles. The lowest BCUT2D eigenvalue weighted by atomic mass is 9.82. The largest absolute Gasteiger partial charge is 0.393 e. The van der Waals surface area contributed by atoms with Crippen molar-refractivity contribution in [1.29, 1.82) is 0 Å². The predicted octanol–water partition coefficient (Wildman–Crippen LogP) is 1.66. The van der Waals surface area contributed by atoms with Gasteiger partial charge in [-0.3, -0.25) is 0 Å². The van der Waals surface area contributed by atoms with Gasteiger partial charge in [0.25, 0.3) is 0 Å². The fourth-order valence-electron chi connectivity index (χ4n) is 2.16. The van der Waals surface area contributed by atoms with Crippen LogP contribution < -0.4 is 5.32 Å². The minimum Gasteiger partial charge on any atom is -0.393 e. The molecule has 0 spiro atoms. The van der Waals surface area contributed by atoms with Gasteiger partial charge >= 0.3 is 0 Å². The lowest BCUT2D eigenvalue weighted by Gasteiger charge is -2.31. The maximum absolute atomic E-state index is 11.9. The molecule has 1 aliphatic carbocycles. The molecule has 1 fully saturated rings. The Morgan fingerprint density at radius 2 is 2.00 bits per heavy atom. The number of benzene rings is 1. The van der Waals surface area contributed by atoms with E-state index in [1.54, 1.807) is 25.1 Å². The first-order valence-electron chi connectivity index (χ1n) is 6.26. The Hall–Kier alpha value is -1.07. The van der Waals surface area contributed by atoms with Crippen LogP contribution in [0.3, 0.4) is 0 Å². The summed E-state index contributed by atoms with van der Waals surface area (Å²) in [5.74, 6) is 0.547. The van der Waals surface area contributed by atoms with Crippen LogP contribution in [0.15, 0.2) is 29.2 Å². The zero-order valence-corrected chi connectivity index (χ0v) is 11.3. The van der Waals surface area contributed by atoms with E-state index in [-0.39, 0.29) is 11.9 Å². The van der Waals surface area contributed by atoms with Gasteiger partial charge in [0.2, 0.25) is 0 Å². The molecule has 18 heavy (non-hydrogen) atoms. The standard InChI is InChI=1S/C13H19NO3S/c1-2-18(16,17)13-6-4-3-5-12(13)14-9-10-7-11(15)8-10/h3-6,10-11,14-15H,2,7-9H2,1H3. The van der Waals surface area contributed by atoms with Crippen molar-refractivity contribution in [2.45, 2.75) is 30.8 Å². The maximum atomic E-state index is 11.9. The fourth-order valence-corrected chi connectivity index (χ4v) is 3.23. The van der Waals surface area contributed by atoms with Gasteiger partial charge in [-0.1, -0.05) is 19.1 Å². The van der Waals surface area contributed by atoms with Crippen molar-refractivity contribution < 1.29 is 13.5 Å². The van der Waals surface area contributed by atoms with Gasteiger partial charge in [0.15, 0.2) is 9.84 Å². The van der Waals surface area contributed by atoms with Gasteiger partial charge in [-0.15, -0.1) is 0 Å². The molecule has 0 aliphatic heterocycles. The summed E-state index contributed by atoms with van der Waals surface area (Å²) in [6, 6.07) is 6.99. The molecule has 4 nitrogen and oxygen atoms in total. The quantitative estimate of drug-likeness (QED) is 0.853. The normalized spacial score (nSPS) is 23.4. The highest BCUT2D eigenvalue weighted by Gasteiger charge is 2.27. The topological polar surface area (TPSA) is 66.4 Å². The van der Waals surface area contributed by atoms with Gasteiger partial charge in [0.1, 0.15) is 0 Å². The molecule has 1 saturated carbocycles. The Morgan fingerprint density at radius 3 is 2.61 bits per heavy atom. The van der Waals surface area contributed by atoms with Gasteiger partial charge < -0.3 is 10.4 Å². The first-order chi connectivity index (χ1) is 8.53. The highest BCUT2D eigenvalue weighted by molar-refractivity contribution is 7.91. The second-order valence-corrected chi connectivity index (χ2v) is 7.02. The van der Waals surface area contributed by atoms with E-state index in [2.05, 4.69) is 5.32 Å². The number of para-hydroxylation sites is 1. The molecule has 0 amide bonds. The van der Waals surface area contributed by atoms with Crippen LogP contribution in [0.2, 0.25) is 0 Å². The minimum atomic E-state index is -3.19. The van der Waals surface area contributed by atoms with Crippen molar-refractivity contribution in [2.75, 3.05) is 17.6 Å². The summed E-state index contributed by atoms with van der Waals surface area (Å²) in [5.41, 5.74) is 0.667. The molecule has 1 aromatic rings. The third-order valence-corrected chi connectivity index (χ3v) is 5.18. The predicted molar refractivity (Wildman–Crippen MR) is 71.4 cm³/mol. The molecule has 2 N–H and O–H groups in total. The molecule has 1 aromatic carbocycles. The van der Waals surface area contributed by atoms with E-state index in [4.69, 9.17) is 0 Å². The number of aliphatic hydroxyl groups excluding tert-OH is 1. The van der Waals surface area contributed by atoms with Crippen molar-refractivity contribution in [1.82, 2.24) is 0 Å². The summed E-state index contributed by atoms with van der Waals surface area (Å²) >= 11 is 0. The van der Waals surface area contributed by atoms with Crippen molar-refractivity contribution in [3.8, 4) is 0 Å². The number of hydrogen-bond acceptors (Lipinski definition) is 4. The molecule has 1 aliphatic rings. The van der Waals surface area contributed by atoms with Crippen molar-refractivity contribution in [2.24, 2.45) is 5.92 Å². The third-order valence-electron chi connectivity index (χ3n) is 3.39. The maximum Gasteiger partial charge on any atom is 0.180 e. The average molecular weight is 269 g/mol. The van der Waals surface area contributed by atoms with E-state index in [9.17, 15) is 13.5 Å². The van der Waals surface area contributed by atoms with Crippen LogP contribution in [0.4, 0.5) is 5.69 Å². The molecule has 2 rings (SSSR count). The molecule has 0 radical (unpaired) electrons. The van der Waals surface area contributed by atoms with Crippen LogP contribution in [0.1, 0.15) is 19.8 Å². The molecule has 0 bridgehead atoms. The highest BCUT2D eigenvalue weighted by Crippen LogP contribution is 2.28. The Kier molecular flexibility index (Phi) is 3.92.